The number of rotatable bonds is 3. The maximum absolute atomic E-state index is 9.99. The first-order valence-electron chi connectivity index (χ1n) is 17.4. The van der Waals surface area contributed by atoms with Crippen molar-refractivity contribution in [2.45, 2.75) is 0 Å². The van der Waals surface area contributed by atoms with Gasteiger partial charge in [0.2, 0.25) is 17.8 Å². The summed E-state index contributed by atoms with van der Waals surface area (Å²) in [4.78, 5) is 15.4. The summed E-state index contributed by atoms with van der Waals surface area (Å²) in [5, 5.41) is 64.7. The number of nitrogens with zero attached hydrogens (tertiary/aromatic N) is 12. The molecule has 0 bridgehead atoms. The highest BCUT2D eigenvalue weighted by atomic mass is 15.3. The molecule has 0 atom stereocenters. The maximum Gasteiger partial charge on any atom is 0.241 e. The van der Waals surface area contributed by atoms with Crippen LogP contribution in [-0.4, -0.2) is 28.7 Å². The third-order valence-corrected chi connectivity index (χ3v) is 10.3. The normalized spacial score (nSPS) is 11.1. The molecule has 12 nitrogen and oxygen atoms in total. The molecule has 0 aliphatic carbocycles. The van der Waals surface area contributed by atoms with E-state index in [1.54, 1.807) is 86.5 Å². The molecule has 10 rings (SSSR count). The maximum atomic E-state index is 9.99. The molecule has 10 aromatic rings. The highest BCUT2D eigenvalue weighted by Crippen LogP contribution is 2.37. The number of benzene rings is 6. The smallest absolute Gasteiger partial charge is 0.241 e. The van der Waals surface area contributed by atoms with Gasteiger partial charge in [-0.25, -0.2) is 0 Å². The van der Waals surface area contributed by atoms with E-state index in [1.165, 1.54) is 0 Å². The number of fused-ring (bicyclic) bond motifs is 9. The molecule has 0 saturated carbocycles. The first-order chi connectivity index (χ1) is 27.9. The van der Waals surface area contributed by atoms with Crippen LogP contribution in [0.5, 0.6) is 0 Å². The molecule has 57 heavy (non-hydrogen) atoms. The Bertz CT molecular complexity index is 3110. The molecule has 4 heterocycles. The first-order valence-corrected chi connectivity index (χ1v) is 17.4. The van der Waals surface area contributed by atoms with Crippen molar-refractivity contribution in [2.24, 2.45) is 0 Å². The van der Waals surface area contributed by atoms with Gasteiger partial charge in [-0.15, -0.1) is 0 Å². The van der Waals surface area contributed by atoms with Gasteiger partial charge in [-0.2, -0.15) is 46.5 Å². The van der Waals surface area contributed by atoms with E-state index >= 15 is 0 Å². The minimum atomic E-state index is 0.130. The lowest BCUT2D eigenvalue weighted by Gasteiger charge is -2.14. The van der Waals surface area contributed by atoms with Gasteiger partial charge >= 0.3 is 0 Å². The number of hydrogen-bond donors (Lipinski definition) is 0. The molecule has 4 aromatic heterocycles. The predicted octanol–water partition coefficient (Wildman–Crippen LogP) is 8.39. The quantitative estimate of drug-likeness (QED) is 0.172. The lowest BCUT2D eigenvalue weighted by atomic mass is 10.1. The zero-order valence-corrected chi connectivity index (χ0v) is 29.3. The average Bonchev–Trinajstić information content (AvgIpc) is 3.89. The van der Waals surface area contributed by atoms with E-state index in [-0.39, 0.29) is 17.8 Å². The molecular formula is C45H18N12. The van der Waals surface area contributed by atoms with Crippen molar-refractivity contribution in [1.29, 1.82) is 31.6 Å². The average molecular weight is 727 g/mol. The van der Waals surface area contributed by atoms with Crippen LogP contribution in [0.4, 0.5) is 0 Å². The largest absolute Gasteiger partial charge is 0.278 e. The fraction of sp³-hybridized carbons (Fsp3) is 0. The molecule has 0 spiro atoms. The minimum absolute atomic E-state index is 0.130. The van der Waals surface area contributed by atoms with E-state index in [1.807, 2.05) is 36.4 Å². The Morgan fingerprint density at radius 2 is 0.456 bits per heavy atom. The highest BCUT2D eigenvalue weighted by Gasteiger charge is 2.24. The molecule has 0 saturated heterocycles. The predicted molar refractivity (Wildman–Crippen MR) is 211 cm³/mol. The molecule has 12 heteroatoms. The van der Waals surface area contributed by atoms with Crippen molar-refractivity contribution in [3.8, 4) is 54.3 Å². The van der Waals surface area contributed by atoms with E-state index in [0.717, 1.165) is 32.3 Å². The zero-order chi connectivity index (χ0) is 38.9. The Morgan fingerprint density at radius 3 is 0.614 bits per heavy atom. The molecule has 0 aliphatic heterocycles. The Labute approximate surface area is 321 Å². The summed E-state index contributed by atoms with van der Waals surface area (Å²) in [7, 11) is 0. The van der Waals surface area contributed by atoms with Crippen LogP contribution in [0.25, 0.3) is 83.3 Å². The van der Waals surface area contributed by atoms with Gasteiger partial charge in [-0.1, -0.05) is 36.4 Å². The summed E-state index contributed by atoms with van der Waals surface area (Å²) >= 11 is 0. The van der Waals surface area contributed by atoms with Crippen molar-refractivity contribution in [1.82, 2.24) is 28.7 Å². The lowest BCUT2D eigenvalue weighted by molar-refractivity contribution is 0.847. The Morgan fingerprint density at radius 1 is 0.281 bits per heavy atom. The molecule has 258 valence electrons. The summed E-state index contributed by atoms with van der Waals surface area (Å²) in [6.45, 7) is 0. The van der Waals surface area contributed by atoms with Gasteiger partial charge in [0, 0.05) is 32.3 Å². The highest BCUT2D eigenvalue weighted by molar-refractivity contribution is 6.12. The standard InChI is InChI=1S/C45H18N12/c46-19-25-1-7-31-32-8-2-26(20-47)14-38(32)55(37(31)13-25)43-52-44(56-39-15-27(21-48)3-9-33(39)34-10-4-28(22-49)16-40(34)56)54-45(53-43)57-41-17-29(23-50)5-11-35(41)36-12-6-30(24-51)18-42(36)57/h1-18H. The Kier molecular flexibility index (Phi) is 6.87. The van der Waals surface area contributed by atoms with Gasteiger partial charge in [-0.3, -0.25) is 13.7 Å². The Hall–Kier alpha value is -9.33. The van der Waals surface area contributed by atoms with Crippen LogP contribution in [0, 0.1) is 68.0 Å². The second-order valence-electron chi connectivity index (χ2n) is 13.3. The summed E-state index contributed by atoms with van der Waals surface area (Å²) < 4.78 is 5.35. The summed E-state index contributed by atoms with van der Waals surface area (Å²) in [6.07, 6.45) is 0. The number of aromatic nitrogens is 6. The summed E-state index contributed by atoms with van der Waals surface area (Å²) in [5.41, 5.74) is 5.98. The summed E-state index contributed by atoms with van der Waals surface area (Å²) in [6, 6.07) is 45.2. The Balaban J connectivity index is 1.42. The molecule has 0 radical (unpaired) electrons. The SMILES string of the molecule is N#Cc1ccc2c3ccc(C#N)cc3n(-c3nc(-n4c5cc(C#N)ccc5c5ccc(C#N)cc54)nc(-n4c5cc(C#N)ccc5c5ccc(C#N)cc54)n3)c2c1. The molecule has 0 unspecified atom stereocenters. The van der Waals surface area contributed by atoms with Gasteiger partial charge in [0.15, 0.2) is 0 Å². The van der Waals surface area contributed by atoms with E-state index in [9.17, 15) is 31.6 Å². The van der Waals surface area contributed by atoms with Crippen molar-refractivity contribution in [2.75, 3.05) is 0 Å². The van der Waals surface area contributed by atoms with Crippen molar-refractivity contribution >= 4 is 65.4 Å². The van der Waals surface area contributed by atoms with E-state index in [4.69, 9.17) is 15.0 Å². The van der Waals surface area contributed by atoms with Gasteiger partial charge in [0.1, 0.15) is 0 Å². The van der Waals surface area contributed by atoms with Crippen LogP contribution < -0.4 is 0 Å². The molecule has 6 aromatic carbocycles. The zero-order valence-electron chi connectivity index (χ0n) is 29.3. The second-order valence-corrected chi connectivity index (χ2v) is 13.3. The van der Waals surface area contributed by atoms with E-state index in [0.29, 0.717) is 66.5 Å². The van der Waals surface area contributed by atoms with E-state index < -0.39 is 0 Å². The molecular weight excluding hydrogens is 709 g/mol. The first kappa shape index (κ1) is 32.3. The number of nitriles is 6. The third kappa shape index (κ3) is 4.71. The van der Waals surface area contributed by atoms with Gasteiger partial charge in [0.05, 0.1) is 103 Å². The fourth-order valence-corrected chi connectivity index (χ4v) is 7.76. The third-order valence-electron chi connectivity index (χ3n) is 10.3. The second kappa shape index (κ2) is 12.1. The molecule has 0 fully saturated rings. The van der Waals surface area contributed by atoms with Crippen LogP contribution in [0.2, 0.25) is 0 Å². The van der Waals surface area contributed by atoms with E-state index in [2.05, 4.69) is 36.4 Å². The van der Waals surface area contributed by atoms with Crippen LogP contribution in [0.15, 0.2) is 109 Å². The lowest BCUT2D eigenvalue weighted by Crippen LogP contribution is -2.13. The fourth-order valence-electron chi connectivity index (χ4n) is 7.76. The summed E-state index contributed by atoms with van der Waals surface area (Å²) in [5.74, 6) is 0.391. The van der Waals surface area contributed by atoms with Gasteiger partial charge in [0.25, 0.3) is 0 Å². The molecule has 0 aliphatic rings. The topological polar surface area (TPSA) is 196 Å². The molecule has 0 N–H and O–H groups in total. The van der Waals surface area contributed by atoms with Gasteiger partial charge < -0.3 is 0 Å². The van der Waals surface area contributed by atoms with Crippen molar-refractivity contribution < 1.29 is 0 Å². The number of hydrogen-bond acceptors (Lipinski definition) is 9. The minimum Gasteiger partial charge on any atom is -0.278 e. The molecule has 0 amide bonds. The monoisotopic (exact) mass is 726 g/mol. The van der Waals surface area contributed by atoms with Crippen molar-refractivity contribution in [3.63, 3.8) is 0 Å². The van der Waals surface area contributed by atoms with Gasteiger partial charge in [-0.05, 0) is 72.8 Å². The van der Waals surface area contributed by atoms with Crippen LogP contribution >= 0.6 is 0 Å². The van der Waals surface area contributed by atoms with Crippen molar-refractivity contribution in [3.05, 3.63) is 143 Å². The van der Waals surface area contributed by atoms with Crippen LogP contribution in [-0.2, 0) is 0 Å². The van der Waals surface area contributed by atoms with Crippen LogP contribution in [0.1, 0.15) is 33.4 Å². The van der Waals surface area contributed by atoms with Crippen LogP contribution in [0.3, 0.4) is 0 Å².